The first-order chi connectivity index (χ1) is 6.75. The molecule has 0 atom stereocenters. The topological polar surface area (TPSA) is 52.0 Å². The minimum atomic E-state index is 0.466. The normalized spacial score (nSPS) is 10.7. The summed E-state index contributed by atoms with van der Waals surface area (Å²) in [5.74, 6) is 0.466. The third-order valence-corrected chi connectivity index (χ3v) is 2.57. The molecule has 1 heterocycles. The van der Waals surface area contributed by atoms with Crippen LogP contribution < -0.4 is 5.73 Å². The average Bonchev–Trinajstić information content (AvgIpc) is 2.49. The van der Waals surface area contributed by atoms with Gasteiger partial charge in [0, 0.05) is 5.56 Å². The van der Waals surface area contributed by atoms with Gasteiger partial charge in [-0.25, -0.2) is 0 Å². The molecule has 0 aliphatic rings. The lowest BCUT2D eigenvalue weighted by molar-refractivity contribution is 0.425. The number of aryl methyl sites for hydroxylation is 1. The Bertz CT molecular complexity index is 268. The van der Waals surface area contributed by atoms with E-state index >= 15 is 0 Å². The highest BCUT2D eigenvalue weighted by Gasteiger charge is 2.07. The Morgan fingerprint density at radius 2 is 1.93 bits per heavy atom. The molecule has 1 rings (SSSR count). The molecule has 2 N–H and O–H groups in total. The molecular formula is C11H20N2O. The molecule has 80 valence electrons. The average molecular weight is 196 g/mol. The molecule has 0 spiro atoms. The van der Waals surface area contributed by atoms with Crippen LogP contribution in [0.1, 0.15) is 50.3 Å². The predicted octanol–water partition coefficient (Wildman–Crippen LogP) is 3.08. The monoisotopic (exact) mass is 196 g/mol. The molecular weight excluding hydrogens is 176 g/mol. The summed E-state index contributed by atoms with van der Waals surface area (Å²) in [5, 5.41) is 3.93. The van der Waals surface area contributed by atoms with Crippen molar-refractivity contribution in [1.29, 1.82) is 0 Å². The van der Waals surface area contributed by atoms with E-state index in [-0.39, 0.29) is 0 Å². The van der Waals surface area contributed by atoms with Crippen LogP contribution in [-0.4, -0.2) is 5.16 Å². The molecule has 0 aliphatic carbocycles. The molecule has 0 radical (unpaired) electrons. The summed E-state index contributed by atoms with van der Waals surface area (Å²) in [7, 11) is 0. The van der Waals surface area contributed by atoms with Crippen molar-refractivity contribution in [2.45, 2.75) is 52.4 Å². The van der Waals surface area contributed by atoms with E-state index < -0.39 is 0 Å². The molecule has 1 aromatic heterocycles. The van der Waals surface area contributed by atoms with Crippen LogP contribution >= 0.6 is 0 Å². The van der Waals surface area contributed by atoms with Crippen molar-refractivity contribution in [3.05, 3.63) is 11.3 Å². The lowest BCUT2D eigenvalue weighted by atomic mass is 10.1. The molecule has 0 aliphatic heterocycles. The summed E-state index contributed by atoms with van der Waals surface area (Å²) in [6.07, 6.45) is 7.40. The number of nitrogens with two attached hydrogens (primary N) is 1. The number of nitrogens with zero attached hydrogens (tertiary/aromatic N) is 1. The van der Waals surface area contributed by atoms with E-state index in [1.165, 1.54) is 32.1 Å². The van der Waals surface area contributed by atoms with Crippen molar-refractivity contribution in [2.24, 2.45) is 0 Å². The second-order valence-electron chi connectivity index (χ2n) is 3.78. The fourth-order valence-corrected chi connectivity index (χ4v) is 1.51. The van der Waals surface area contributed by atoms with E-state index in [9.17, 15) is 0 Å². The first-order valence-corrected chi connectivity index (χ1v) is 5.46. The van der Waals surface area contributed by atoms with E-state index in [1.54, 1.807) is 0 Å². The van der Waals surface area contributed by atoms with Gasteiger partial charge in [0.25, 0.3) is 0 Å². The number of aromatic nitrogens is 1. The maximum absolute atomic E-state index is 5.56. The maximum Gasteiger partial charge on any atom is 0.225 e. The number of hydrogen-bond donors (Lipinski definition) is 1. The molecule has 0 bridgehead atoms. The van der Waals surface area contributed by atoms with Gasteiger partial charge in [-0.1, -0.05) is 37.8 Å². The first-order valence-electron chi connectivity index (χ1n) is 5.46. The molecule has 0 aromatic carbocycles. The minimum absolute atomic E-state index is 0.466. The predicted molar refractivity (Wildman–Crippen MR) is 58.1 cm³/mol. The van der Waals surface area contributed by atoms with E-state index in [2.05, 4.69) is 12.1 Å². The number of unbranched alkanes of at least 4 members (excludes halogenated alkanes) is 4. The molecule has 1 aromatic rings. The maximum atomic E-state index is 5.56. The highest BCUT2D eigenvalue weighted by atomic mass is 16.5. The molecule has 3 nitrogen and oxygen atoms in total. The lowest BCUT2D eigenvalue weighted by Gasteiger charge is -1.98. The lowest BCUT2D eigenvalue weighted by Crippen LogP contribution is -1.90. The molecule has 0 unspecified atom stereocenters. The summed E-state index contributed by atoms with van der Waals surface area (Å²) in [5.41, 5.74) is 7.60. The van der Waals surface area contributed by atoms with E-state index in [1.807, 2.05) is 6.92 Å². The Morgan fingerprint density at radius 3 is 2.50 bits per heavy atom. The van der Waals surface area contributed by atoms with Gasteiger partial charge in [-0.2, -0.15) is 0 Å². The summed E-state index contributed by atoms with van der Waals surface area (Å²) < 4.78 is 4.90. The van der Waals surface area contributed by atoms with Gasteiger partial charge in [-0.3, -0.25) is 0 Å². The molecule has 0 amide bonds. The van der Waals surface area contributed by atoms with Crippen molar-refractivity contribution < 1.29 is 4.52 Å². The highest BCUT2D eigenvalue weighted by Crippen LogP contribution is 2.17. The molecule has 0 saturated heterocycles. The van der Waals surface area contributed by atoms with Crippen LogP contribution in [0, 0.1) is 6.92 Å². The van der Waals surface area contributed by atoms with E-state index in [4.69, 9.17) is 10.3 Å². The van der Waals surface area contributed by atoms with Crippen molar-refractivity contribution in [1.82, 2.24) is 5.16 Å². The van der Waals surface area contributed by atoms with Crippen molar-refractivity contribution in [2.75, 3.05) is 5.73 Å². The van der Waals surface area contributed by atoms with Crippen LogP contribution in [0.5, 0.6) is 0 Å². The highest BCUT2D eigenvalue weighted by molar-refractivity contribution is 5.37. The molecule has 3 heteroatoms. The number of hydrogen-bond acceptors (Lipinski definition) is 3. The van der Waals surface area contributed by atoms with Gasteiger partial charge < -0.3 is 10.3 Å². The summed E-state index contributed by atoms with van der Waals surface area (Å²) in [6, 6.07) is 0. The van der Waals surface area contributed by atoms with Crippen LogP contribution in [0.2, 0.25) is 0 Å². The zero-order valence-electron chi connectivity index (χ0n) is 9.18. The molecule has 0 fully saturated rings. The fraction of sp³-hybridized carbons (Fsp3) is 0.727. The summed E-state index contributed by atoms with van der Waals surface area (Å²) in [4.78, 5) is 0. The van der Waals surface area contributed by atoms with Gasteiger partial charge >= 0.3 is 0 Å². The smallest absolute Gasteiger partial charge is 0.225 e. The van der Waals surface area contributed by atoms with Gasteiger partial charge in [-0.15, -0.1) is 0 Å². The van der Waals surface area contributed by atoms with Gasteiger partial charge in [0.1, 0.15) is 0 Å². The zero-order chi connectivity index (χ0) is 10.4. The molecule has 0 saturated carbocycles. The van der Waals surface area contributed by atoms with Crippen molar-refractivity contribution in [3.8, 4) is 0 Å². The third-order valence-electron chi connectivity index (χ3n) is 2.57. The van der Waals surface area contributed by atoms with Gasteiger partial charge in [0.2, 0.25) is 5.88 Å². The summed E-state index contributed by atoms with van der Waals surface area (Å²) >= 11 is 0. The zero-order valence-corrected chi connectivity index (χ0v) is 9.18. The Kier molecular flexibility index (Phi) is 4.50. The second-order valence-corrected chi connectivity index (χ2v) is 3.78. The SMILES string of the molecule is CCCCCCCc1noc(N)c1C. The van der Waals surface area contributed by atoms with Crippen LogP contribution in [0.3, 0.4) is 0 Å². The number of nitrogen functional groups attached to an aromatic ring is 1. The fourth-order valence-electron chi connectivity index (χ4n) is 1.51. The van der Waals surface area contributed by atoms with Crippen LogP contribution in [0.4, 0.5) is 5.88 Å². The van der Waals surface area contributed by atoms with Crippen LogP contribution in [0.15, 0.2) is 4.52 Å². The Balaban J connectivity index is 2.21. The van der Waals surface area contributed by atoms with Crippen LogP contribution in [0.25, 0.3) is 0 Å². The third kappa shape index (κ3) is 3.05. The van der Waals surface area contributed by atoms with Crippen molar-refractivity contribution in [3.63, 3.8) is 0 Å². The van der Waals surface area contributed by atoms with E-state index in [0.717, 1.165) is 17.7 Å². The number of anilines is 1. The Hall–Kier alpha value is -0.990. The van der Waals surface area contributed by atoms with E-state index in [0.29, 0.717) is 5.88 Å². The van der Waals surface area contributed by atoms with Gasteiger partial charge in [-0.05, 0) is 19.8 Å². The largest absolute Gasteiger partial charge is 0.367 e. The summed E-state index contributed by atoms with van der Waals surface area (Å²) in [6.45, 7) is 4.19. The second kappa shape index (κ2) is 5.68. The van der Waals surface area contributed by atoms with Gasteiger partial charge in [0.05, 0.1) is 5.69 Å². The van der Waals surface area contributed by atoms with Gasteiger partial charge in [0.15, 0.2) is 0 Å². The Morgan fingerprint density at radius 1 is 1.21 bits per heavy atom. The Labute approximate surface area is 85.7 Å². The van der Waals surface area contributed by atoms with Crippen molar-refractivity contribution >= 4 is 5.88 Å². The minimum Gasteiger partial charge on any atom is -0.367 e. The van der Waals surface area contributed by atoms with Crippen LogP contribution in [-0.2, 0) is 6.42 Å². The number of rotatable bonds is 6. The first kappa shape index (κ1) is 11.1. The molecule has 14 heavy (non-hydrogen) atoms. The quantitative estimate of drug-likeness (QED) is 0.711. The standard InChI is InChI=1S/C11H20N2O/c1-3-4-5-6-7-8-10-9(2)11(12)14-13-10/h3-8,12H2,1-2H3.